The van der Waals surface area contributed by atoms with Gasteiger partial charge in [0.05, 0.1) is 0 Å². The number of nitrogens with one attached hydrogen (secondary N) is 2. The van der Waals surface area contributed by atoms with E-state index >= 15 is 0 Å². The van der Waals surface area contributed by atoms with Crippen molar-refractivity contribution >= 4 is 11.8 Å². The molecule has 2 fully saturated rings. The smallest absolute Gasteiger partial charge is 0.249 e. The molecule has 1 aliphatic carbocycles. The lowest BCUT2D eigenvalue weighted by Crippen LogP contribution is -2.36. The maximum atomic E-state index is 11.7. The van der Waals surface area contributed by atoms with Gasteiger partial charge in [0.2, 0.25) is 11.8 Å². The highest BCUT2D eigenvalue weighted by molar-refractivity contribution is 5.83. The van der Waals surface area contributed by atoms with Crippen molar-refractivity contribution in [3.63, 3.8) is 0 Å². The number of hydrogen-bond acceptors (Lipinski definition) is 3. The number of aliphatic hydroxyl groups is 1. The normalized spacial score (nSPS) is 27.7. The van der Waals surface area contributed by atoms with Gasteiger partial charge in [-0.1, -0.05) is 0 Å². The molecule has 5 nitrogen and oxygen atoms in total. The molecule has 2 rings (SSSR count). The Labute approximate surface area is 107 Å². The van der Waals surface area contributed by atoms with E-state index in [1.807, 2.05) is 13.8 Å². The van der Waals surface area contributed by atoms with Crippen molar-refractivity contribution in [3.8, 4) is 0 Å². The molecule has 0 spiro atoms. The van der Waals surface area contributed by atoms with Crippen LogP contribution >= 0.6 is 0 Å². The van der Waals surface area contributed by atoms with Gasteiger partial charge in [-0.15, -0.1) is 0 Å². The number of hydrogen-bond donors (Lipinski definition) is 3. The first-order valence-electron chi connectivity index (χ1n) is 6.68. The van der Waals surface area contributed by atoms with Gasteiger partial charge in [-0.05, 0) is 46.0 Å². The monoisotopic (exact) mass is 254 g/mol. The van der Waals surface area contributed by atoms with E-state index in [-0.39, 0.29) is 29.3 Å². The van der Waals surface area contributed by atoms with Crippen molar-refractivity contribution < 1.29 is 14.7 Å². The van der Waals surface area contributed by atoms with Crippen LogP contribution in [0.3, 0.4) is 0 Å². The first-order chi connectivity index (χ1) is 8.37. The molecule has 2 aliphatic rings. The fraction of sp³-hybridized carbons (Fsp3) is 0.846. The van der Waals surface area contributed by atoms with Crippen molar-refractivity contribution in [1.82, 2.24) is 10.6 Å². The third kappa shape index (κ3) is 3.45. The van der Waals surface area contributed by atoms with E-state index in [0.29, 0.717) is 12.8 Å². The summed E-state index contributed by atoms with van der Waals surface area (Å²) >= 11 is 0. The standard InChI is InChI=1S/C13H22N2O3/c1-13(2)7-8(11(17)15-13)3-6-10(16)12(18)14-9-4-5-9/h8-10,16H,3-7H2,1-2H3,(H,14,18)(H,15,17)/t8-,10?/m0/s1. The minimum absolute atomic E-state index is 0.0369. The fourth-order valence-corrected chi connectivity index (χ4v) is 2.44. The molecule has 0 aromatic carbocycles. The summed E-state index contributed by atoms with van der Waals surface area (Å²) in [5.74, 6) is -0.339. The second-order valence-corrected chi connectivity index (χ2v) is 6.15. The van der Waals surface area contributed by atoms with Crippen LogP contribution in [0.25, 0.3) is 0 Å². The summed E-state index contributed by atoms with van der Waals surface area (Å²) in [7, 11) is 0. The zero-order valence-electron chi connectivity index (χ0n) is 11.0. The van der Waals surface area contributed by atoms with E-state index in [4.69, 9.17) is 0 Å². The number of amides is 2. The van der Waals surface area contributed by atoms with E-state index in [1.54, 1.807) is 0 Å². The highest BCUT2D eigenvalue weighted by atomic mass is 16.3. The predicted octanol–water partition coefficient (Wildman–Crippen LogP) is 0.321. The van der Waals surface area contributed by atoms with Gasteiger partial charge in [0.1, 0.15) is 6.10 Å². The summed E-state index contributed by atoms with van der Waals surface area (Å²) in [6.45, 7) is 3.97. The van der Waals surface area contributed by atoms with E-state index in [1.165, 1.54) is 0 Å². The third-order valence-electron chi connectivity index (χ3n) is 3.60. The molecule has 2 amide bonds. The molecule has 5 heteroatoms. The fourth-order valence-electron chi connectivity index (χ4n) is 2.44. The van der Waals surface area contributed by atoms with Crippen LogP contribution in [0.1, 0.15) is 46.0 Å². The predicted molar refractivity (Wildman–Crippen MR) is 66.7 cm³/mol. The lowest BCUT2D eigenvalue weighted by molar-refractivity contribution is -0.130. The highest BCUT2D eigenvalue weighted by Gasteiger charge is 2.37. The first kappa shape index (κ1) is 13.3. The Morgan fingerprint density at radius 2 is 2.22 bits per heavy atom. The quantitative estimate of drug-likeness (QED) is 0.661. The molecule has 3 N–H and O–H groups in total. The van der Waals surface area contributed by atoms with Crippen molar-refractivity contribution in [2.45, 2.75) is 63.6 Å². The second-order valence-electron chi connectivity index (χ2n) is 6.15. The molecule has 1 saturated carbocycles. The molecule has 0 aromatic heterocycles. The van der Waals surface area contributed by atoms with Crippen LogP contribution in [0.5, 0.6) is 0 Å². The van der Waals surface area contributed by atoms with Crippen LogP contribution in [0.15, 0.2) is 0 Å². The maximum absolute atomic E-state index is 11.7. The molecular weight excluding hydrogens is 232 g/mol. The molecule has 0 bridgehead atoms. The Morgan fingerprint density at radius 3 is 2.72 bits per heavy atom. The summed E-state index contributed by atoms with van der Waals surface area (Å²) in [5.41, 5.74) is -0.164. The first-order valence-corrected chi connectivity index (χ1v) is 6.68. The molecule has 2 atom stereocenters. The van der Waals surface area contributed by atoms with Crippen LogP contribution in [0, 0.1) is 5.92 Å². The zero-order valence-corrected chi connectivity index (χ0v) is 11.0. The lowest BCUT2D eigenvalue weighted by atomic mass is 9.92. The van der Waals surface area contributed by atoms with Gasteiger partial charge in [-0.25, -0.2) is 0 Å². The lowest BCUT2D eigenvalue weighted by Gasteiger charge is -2.16. The molecule has 1 unspecified atom stereocenters. The number of carbonyl (C=O) groups excluding carboxylic acids is 2. The molecule has 102 valence electrons. The van der Waals surface area contributed by atoms with E-state index in [2.05, 4.69) is 10.6 Å². The van der Waals surface area contributed by atoms with Crippen LogP contribution in [-0.4, -0.2) is 34.6 Å². The van der Waals surface area contributed by atoms with Gasteiger partial charge in [0.15, 0.2) is 0 Å². The van der Waals surface area contributed by atoms with Crippen LogP contribution in [-0.2, 0) is 9.59 Å². The largest absolute Gasteiger partial charge is 0.383 e. The summed E-state index contributed by atoms with van der Waals surface area (Å²) in [6, 6.07) is 0.265. The summed E-state index contributed by atoms with van der Waals surface area (Å²) < 4.78 is 0. The molecule has 0 aromatic rings. The topological polar surface area (TPSA) is 78.4 Å². The molecule has 1 aliphatic heterocycles. The van der Waals surface area contributed by atoms with Crippen LogP contribution < -0.4 is 10.6 Å². The summed E-state index contributed by atoms with van der Waals surface area (Å²) in [4.78, 5) is 23.2. The molecular formula is C13H22N2O3. The molecule has 18 heavy (non-hydrogen) atoms. The maximum Gasteiger partial charge on any atom is 0.249 e. The third-order valence-corrected chi connectivity index (χ3v) is 3.60. The molecule has 1 saturated heterocycles. The SMILES string of the molecule is CC1(C)C[C@H](CCC(O)C(=O)NC2CC2)C(=O)N1. The van der Waals surface area contributed by atoms with Gasteiger partial charge in [-0.3, -0.25) is 9.59 Å². The Kier molecular flexibility index (Phi) is 3.61. The average molecular weight is 254 g/mol. The van der Waals surface area contributed by atoms with Gasteiger partial charge in [0.25, 0.3) is 0 Å². The van der Waals surface area contributed by atoms with E-state index in [9.17, 15) is 14.7 Å². The zero-order chi connectivity index (χ0) is 13.3. The Bertz CT molecular complexity index is 350. The summed E-state index contributed by atoms with van der Waals surface area (Å²) in [6.07, 6.45) is 2.72. The number of rotatable bonds is 5. The van der Waals surface area contributed by atoms with Crippen molar-refractivity contribution in [2.24, 2.45) is 5.92 Å². The number of aliphatic hydroxyl groups excluding tert-OH is 1. The van der Waals surface area contributed by atoms with Gasteiger partial charge in [0, 0.05) is 17.5 Å². The summed E-state index contributed by atoms with van der Waals surface area (Å²) in [5, 5.41) is 15.4. The van der Waals surface area contributed by atoms with Gasteiger partial charge in [-0.2, -0.15) is 0 Å². The van der Waals surface area contributed by atoms with Crippen LogP contribution in [0.4, 0.5) is 0 Å². The van der Waals surface area contributed by atoms with Gasteiger partial charge < -0.3 is 15.7 Å². The molecule has 1 heterocycles. The van der Waals surface area contributed by atoms with Crippen LogP contribution in [0.2, 0.25) is 0 Å². The Morgan fingerprint density at radius 1 is 1.56 bits per heavy atom. The second kappa shape index (κ2) is 4.88. The van der Waals surface area contributed by atoms with E-state index < -0.39 is 6.10 Å². The highest BCUT2D eigenvalue weighted by Crippen LogP contribution is 2.28. The van der Waals surface area contributed by atoms with Crippen molar-refractivity contribution in [1.29, 1.82) is 0 Å². The Hall–Kier alpha value is -1.10. The molecule has 0 radical (unpaired) electrons. The van der Waals surface area contributed by atoms with Gasteiger partial charge >= 0.3 is 0 Å². The van der Waals surface area contributed by atoms with Crippen molar-refractivity contribution in [3.05, 3.63) is 0 Å². The van der Waals surface area contributed by atoms with E-state index in [0.717, 1.165) is 19.3 Å². The minimum Gasteiger partial charge on any atom is -0.383 e. The minimum atomic E-state index is -0.984. The number of carbonyl (C=O) groups is 2. The average Bonchev–Trinajstić information content (AvgIpc) is 3.01. The van der Waals surface area contributed by atoms with Crippen molar-refractivity contribution in [2.75, 3.05) is 0 Å². The Balaban J connectivity index is 1.73.